The monoisotopic (exact) mass is 425 g/mol. The van der Waals surface area contributed by atoms with Crippen molar-refractivity contribution in [1.82, 2.24) is 14.8 Å². The Labute approximate surface area is 181 Å². The number of hydrogen-bond acceptors (Lipinski definition) is 5. The van der Waals surface area contributed by atoms with Crippen molar-refractivity contribution < 1.29 is 23.9 Å². The molecule has 3 amide bonds. The fourth-order valence-corrected chi connectivity index (χ4v) is 3.62. The van der Waals surface area contributed by atoms with Crippen LogP contribution in [0.5, 0.6) is 0 Å². The first-order valence-electron chi connectivity index (χ1n) is 10.2. The minimum Gasteiger partial charge on any atom is -0.456 e. The van der Waals surface area contributed by atoms with Crippen molar-refractivity contribution in [1.29, 1.82) is 0 Å². The van der Waals surface area contributed by atoms with E-state index in [4.69, 9.17) is 4.74 Å². The molecule has 0 bridgehead atoms. The van der Waals surface area contributed by atoms with Gasteiger partial charge in [0.15, 0.2) is 6.61 Å². The number of hydrogen-bond donors (Lipinski definition) is 1. The van der Waals surface area contributed by atoms with Crippen molar-refractivity contribution in [2.24, 2.45) is 0 Å². The van der Waals surface area contributed by atoms with Gasteiger partial charge in [-0.1, -0.05) is 37.3 Å². The van der Waals surface area contributed by atoms with E-state index in [2.05, 4.69) is 5.32 Å². The normalized spacial score (nSPS) is 18.3. The third-order valence-electron chi connectivity index (χ3n) is 5.76. The number of nitrogens with one attached hydrogen (secondary N) is 1. The molecule has 0 saturated carbocycles. The number of Topliss-reactive ketones (excluding diaryl/α,β-unsaturated/α-hetero) is 1. The van der Waals surface area contributed by atoms with Gasteiger partial charge in [-0.25, -0.2) is 4.79 Å². The number of carbonyl (C=O) groups excluding carboxylic acids is 4. The molecule has 1 fully saturated rings. The van der Waals surface area contributed by atoms with E-state index in [0.717, 1.165) is 21.9 Å². The van der Waals surface area contributed by atoms with Gasteiger partial charge in [0.25, 0.3) is 5.91 Å². The van der Waals surface area contributed by atoms with Crippen LogP contribution in [0.3, 0.4) is 0 Å². The second kappa shape index (κ2) is 8.75. The highest BCUT2D eigenvalue weighted by Gasteiger charge is 2.47. The maximum atomic E-state index is 12.7. The predicted octanol–water partition coefficient (Wildman–Crippen LogP) is 2.60. The molecule has 8 heteroatoms. The van der Waals surface area contributed by atoms with E-state index in [-0.39, 0.29) is 5.78 Å². The molecule has 164 valence electrons. The number of carbonyl (C=O) groups is 4. The molecule has 8 nitrogen and oxygen atoms in total. The lowest BCUT2D eigenvalue weighted by molar-refractivity contribution is -0.146. The zero-order valence-electron chi connectivity index (χ0n) is 18.2. The molecule has 1 aliphatic heterocycles. The highest BCUT2D eigenvalue weighted by atomic mass is 16.5. The molecular formula is C23H27N3O5. The van der Waals surface area contributed by atoms with Crippen molar-refractivity contribution in [3.05, 3.63) is 58.9 Å². The van der Waals surface area contributed by atoms with Crippen LogP contribution in [0.15, 0.2) is 36.4 Å². The highest BCUT2D eigenvalue weighted by Crippen LogP contribution is 2.21. The number of ether oxygens (including phenoxy) is 1. The molecule has 1 N–H and O–H groups in total. The molecule has 0 radical (unpaired) electrons. The number of esters is 1. The molecule has 3 rings (SSSR count). The van der Waals surface area contributed by atoms with Crippen molar-refractivity contribution in [2.45, 2.75) is 46.2 Å². The third kappa shape index (κ3) is 4.52. The highest BCUT2D eigenvalue weighted by molar-refractivity contribution is 6.08. The van der Waals surface area contributed by atoms with Gasteiger partial charge in [-0.3, -0.25) is 19.3 Å². The second-order valence-electron chi connectivity index (χ2n) is 7.95. The van der Waals surface area contributed by atoms with Crippen molar-refractivity contribution >= 4 is 23.7 Å². The van der Waals surface area contributed by atoms with Crippen LogP contribution in [0.1, 0.15) is 47.6 Å². The molecule has 1 atom stereocenters. The first-order valence-corrected chi connectivity index (χ1v) is 10.2. The van der Waals surface area contributed by atoms with Gasteiger partial charge in [0, 0.05) is 23.5 Å². The van der Waals surface area contributed by atoms with Crippen LogP contribution in [-0.4, -0.2) is 51.8 Å². The topological polar surface area (TPSA) is 97.7 Å². The van der Waals surface area contributed by atoms with Crippen molar-refractivity contribution in [3.63, 3.8) is 0 Å². The summed E-state index contributed by atoms with van der Waals surface area (Å²) in [6.45, 7) is 6.79. The molecule has 2 aromatic rings. The number of aromatic nitrogens is 1. The SMILES string of the molecule is CC[C@]1(C)NC(=O)N(CC(=O)OCC(=O)c2cc(C)n(Cc3ccccc3)c2C)C1=O. The largest absolute Gasteiger partial charge is 0.456 e. The van der Waals surface area contributed by atoms with Gasteiger partial charge in [-0.2, -0.15) is 0 Å². The number of imide groups is 1. The van der Waals surface area contributed by atoms with E-state index in [9.17, 15) is 19.2 Å². The van der Waals surface area contributed by atoms with Crippen LogP contribution in [-0.2, 0) is 20.9 Å². The molecule has 31 heavy (non-hydrogen) atoms. The molecule has 1 aromatic carbocycles. The van der Waals surface area contributed by atoms with Crippen molar-refractivity contribution in [2.75, 3.05) is 13.2 Å². The fourth-order valence-electron chi connectivity index (χ4n) is 3.62. The number of nitrogens with zero attached hydrogens (tertiary/aromatic N) is 2. The van der Waals surface area contributed by atoms with Gasteiger partial charge in [0.1, 0.15) is 12.1 Å². The first-order chi connectivity index (χ1) is 14.7. The number of benzene rings is 1. The number of ketones is 1. The molecule has 1 aliphatic rings. The van der Waals surface area contributed by atoms with E-state index in [0.29, 0.717) is 18.5 Å². The number of aryl methyl sites for hydroxylation is 1. The molecule has 1 saturated heterocycles. The molecular weight excluding hydrogens is 398 g/mol. The summed E-state index contributed by atoms with van der Waals surface area (Å²) in [5.74, 6) is -1.63. The molecule has 0 unspecified atom stereocenters. The summed E-state index contributed by atoms with van der Waals surface area (Å²) >= 11 is 0. The lowest BCUT2D eigenvalue weighted by Gasteiger charge is -2.18. The maximum absolute atomic E-state index is 12.7. The third-order valence-corrected chi connectivity index (χ3v) is 5.76. The van der Waals surface area contributed by atoms with Crippen LogP contribution in [0.2, 0.25) is 0 Å². The predicted molar refractivity (Wildman–Crippen MR) is 114 cm³/mol. The van der Waals surface area contributed by atoms with Gasteiger partial charge >= 0.3 is 12.0 Å². The number of urea groups is 1. The first kappa shape index (κ1) is 22.3. The average Bonchev–Trinajstić information content (AvgIpc) is 3.15. The van der Waals surface area contributed by atoms with Crippen LogP contribution in [0, 0.1) is 13.8 Å². The van der Waals surface area contributed by atoms with Crippen molar-refractivity contribution in [3.8, 4) is 0 Å². The number of amides is 3. The van der Waals surface area contributed by atoms with E-state index in [1.807, 2.05) is 48.7 Å². The van der Waals surface area contributed by atoms with Gasteiger partial charge in [-0.05, 0) is 38.8 Å². The Morgan fingerprint density at radius 1 is 1.13 bits per heavy atom. The van der Waals surface area contributed by atoms with E-state index in [1.54, 1.807) is 19.9 Å². The van der Waals surface area contributed by atoms with Crippen LogP contribution in [0.4, 0.5) is 4.79 Å². The Hall–Kier alpha value is -3.42. The molecule has 0 aliphatic carbocycles. The minimum atomic E-state index is -1.02. The van der Waals surface area contributed by atoms with Crippen LogP contribution >= 0.6 is 0 Å². The van der Waals surface area contributed by atoms with Gasteiger partial charge in [0.2, 0.25) is 5.78 Å². The summed E-state index contributed by atoms with van der Waals surface area (Å²) < 4.78 is 7.10. The zero-order chi connectivity index (χ0) is 22.8. The Balaban J connectivity index is 1.61. The summed E-state index contributed by atoms with van der Waals surface area (Å²) in [6, 6.07) is 11.0. The summed E-state index contributed by atoms with van der Waals surface area (Å²) in [5.41, 5.74) is 2.28. The van der Waals surface area contributed by atoms with E-state index >= 15 is 0 Å². The van der Waals surface area contributed by atoms with Gasteiger partial charge < -0.3 is 14.6 Å². The Morgan fingerprint density at radius 3 is 2.42 bits per heavy atom. The maximum Gasteiger partial charge on any atom is 0.326 e. The standard InChI is InChI=1S/C23H27N3O5/c1-5-23(4)21(29)26(22(30)24-23)13-20(28)31-14-19(27)18-11-15(2)25(16(18)3)12-17-9-7-6-8-10-17/h6-11H,5,12-14H2,1-4H3,(H,24,30)/t23-/m0/s1. The summed E-state index contributed by atoms with van der Waals surface area (Å²) in [7, 11) is 0. The second-order valence-corrected chi connectivity index (χ2v) is 7.95. The summed E-state index contributed by atoms with van der Waals surface area (Å²) in [4.78, 5) is 50.0. The van der Waals surface area contributed by atoms with E-state index < -0.39 is 36.6 Å². The minimum absolute atomic E-state index is 0.337. The van der Waals surface area contributed by atoms with Gasteiger partial charge in [-0.15, -0.1) is 0 Å². The lowest BCUT2D eigenvalue weighted by Crippen LogP contribution is -2.43. The van der Waals surface area contributed by atoms with E-state index in [1.165, 1.54) is 0 Å². The summed E-state index contributed by atoms with van der Waals surface area (Å²) in [5, 5.41) is 2.57. The molecule has 0 spiro atoms. The molecule has 1 aromatic heterocycles. The zero-order valence-corrected chi connectivity index (χ0v) is 18.2. The van der Waals surface area contributed by atoms with Crippen LogP contribution < -0.4 is 5.32 Å². The van der Waals surface area contributed by atoms with Crippen LogP contribution in [0.25, 0.3) is 0 Å². The average molecular weight is 425 g/mol. The Kier molecular flexibility index (Phi) is 6.29. The van der Waals surface area contributed by atoms with Gasteiger partial charge in [0.05, 0.1) is 0 Å². The smallest absolute Gasteiger partial charge is 0.326 e. The number of rotatable bonds is 8. The lowest BCUT2D eigenvalue weighted by atomic mass is 9.99. The molecule has 2 heterocycles. The Morgan fingerprint density at radius 2 is 1.81 bits per heavy atom. The summed E-state index contributed by atoms with van der Waals surface area (Å²) in [6.07, 6.45) is 0.403. The Bertz CT molecular complexity index is 1030. The fraction of sp³-hybridized carbons (Fsp3) is 0.391. The quantitative estimate of drug-likeness (QED) is 0.398.